The maximum Gasteiger partial charge on any atom is 0.330 e. The zero-order chi connectivity index (χ0) is 17.6. The van der Waals surface area contributed by atoms with Crippen LogP contribution in [0.4, 0.5) is 0 Å². The van der Waals surface area contributed by atoms with Crippen LogP contribution in [-0.4, -0.2) is 28.6 Å². The zero-order valence-corrected chi connectivity index (χ0v) is 15.2. The molecule has 0 radical (unpaired) electrons. The molecule has 0 fully saturated rings. The number of thiazole rings is 1. The van der Waals surface area contributed by atoms with Crippen molar-refractivity contribution >= 4 is 39.9 Å². The van der Waals surface area contributed by atoms with Crippen molar-refractivity contribution in [2.75, 3.05) is 13.2 Å². The van der Waals surface area contributed by atoms with Crippen molar-refractivity contribution in [3.8, 4) is 5.75 Å². The third-order valence-electron chi connectivity index (χ3n) is 3.53. The molecule has 0 spiro atoms. The van der Waals surface area contributed by atoms with Gasteiger partial charge in [-0.15, -0.1) is 11.3 Å². The molecule has 130 valence electrons. The predicted molar refractivity (Wildman–Crippen MR) is 99.4 cm³/mol. The van der Waals surface area contributed by atoms with Gasteiger partial charge in [0.15, 0.2) is 10.1 Å². The molecule has 1 aromatic carbocycles. The zero-order valence-electron chi connectivity index (χ0n) is 13.6. The number of rotatable bonds is 7. The van der Waals surface area contributed by atoms with Gasteiger partial charge in [-0.2, -0.15) is 0 Å². The van der Waals surface area contributed by atoms with Gasteiger partial charge in [0.2, 0.25) is 0 Å². The lowest BCUT2D eigenvalue weighted by atomic mass is 10.2. The van der Waals surface area contributed by atoms with Crippen molar-refractivity contribution < 1.29 is 14.3 Å². The van der Waals surface area contributed by atoms with Crippen LogP contribution in [0.2, 0.25) is 5.15 Å². The largest absolute Gasteiger partial charge is 0.490 e. The van der Waals surface area contributed by atoms with Gasteiger partial charge < -0.3 is 9.47 Å². The number of carbonyl (C=O) groups is 1. The summed E-state index contributed by atoms with van der Waals surface area (Å²) in [5, 5.41) is 2.26. The van der Waals surface area contributed by atoms with E-state index in [-0.39, 0.29) is 6.61 Å². The first-order chi connectivity index (χ1) is 12.2. The molecule has 0 aliphatic carbocycles. The van der Waals surface area contributed by atoms with E-state index >= 15 is 0 Å². The quantitative estimate of drug-likeness (QED) is 0.351. The minimum absolute atomic E-state index is 0.174. The van der Waals surface area contributed by atoms with Gasteiger partial charge in [0, 0.05) is 17.7 Å². The normalized spacial score (nSPS) is 11.3. The van der Waals surface area contributed by atoms with E-state index in [1.165, 1.54) is 23.0 Å². The molecule has 7 heteroatoms. The second-order valence-electron chi connectivity index (χ2n) is 5.19. The number of fused-ring (bicyclic) bond motifs is 1. The fourth-order valence-electron chi connectivity index (χ4n) is 2.28. The molecule has 0 saturated heterocycles. The lowest BCUT2D eigenvalue weighted by Crippen LogP contribution is -2.10. The molecule has 0 atom stereocenters. The van der Waals surface area contributed by atoms with Gasteiger partial charge in [0.1, 0.15) is 19.0 Å². The molecular weight excluding hydrogens is 360 g/mol. The van der Waals surface area contributed by atoms with Gasteiger partial charge in [-0.25, -0.2) is 9.78 Å². The molecule has 5 nitrogen and oxygen atoms in total. The Kier molecular flexibility index (Phi) is 5.73. The number of benzene rings is 1. The van der Waals surface area contributed by atoms with E-state index in [0.29, 0.717) is 17.5 Å². The van der Waals surface area contributed by atoms with Gasteiger partial charge in [-0.1, -0.05) is 30.7 Å². The molecule has 0 aliphatic heterocycles. The van der Waals surface area contributed by atoms with E-state index < -0.39 is 5.97 Å². The number of nitrogens with zero attached hydrogens (tertiary/aromatic N) is 2. The summed E-state index contributed by atoms with van der Waals surface area (Å²) in [6.45, 7) is 2.56. The third kappa shape index (κ3) is 4.41. The Bertz CT molecular complexity index is 901. The summed E-state index contributed by atoms with van der Waals surface area (Å²) < 4.78 is 12.5. The van der Waals surface area contributed by atoms with Gasteiger partial charge in [0.05, 0.1) is 5.69 Å². The van der Waals surface area contributed by atoms with Crippen molar-refractivity contribution in [3.63, 3.8) is 0 Å². The van der Waals surface area contributed by atoms with Crippen molar-refractivity contribution in [1.82, 2.24) is 9.38 Å². The average molecular weight is 377 g/mol. The van der Waals surface area contributed by atoms with Gasteiger partial charge in [-0.05, 0) is 30.2 Å². The van der Waals surface area contributed by atoms with Crippen LogP contribution in [0.25, 0.3) is 11.0 Å². The van der Waals surface area contributed by atoms with Crippen LogP contribution in [0.3, 0.4) is 0 Å². The molecule has 0 unspecified atom stereocenters. The summed E-state index contributed by atoms with van der Waals surface area (Å²) in [5.41, 5.74) is 1.86. The van der Waals surface area contributed by atoms with Crippen LogP contribution in [0.15, 0.2) is 41.9 Å². The second-order valence-corrected chi connectivity index (χ2v) is 6.42. The maximum atomic E-state index is 11.8. The van der Waals surface area contributed by atoms with E-state index in [0.717, 1.165) is 17.1 Å². The Morgan fingerprint density at radius 3 is 3.12 bits per heavy atom. The van der Waals surface area contributed by atoms with E-state index in [1.807, 2.05) is 40.2 Å². The third-order valence-corrected chi connectivity index (χ3v) is 4.57. The summed E-state index contributed by atoms with van der Waals surface area (Å²) in [6.07, 6.45) is 5.74. The summed E-state index contributed by atoms with van der Waals surface area (Å²) in [5.74, 6) is 0.323. The maximum absolute atomic E-state index is 11.8. The Morgan fingerprint density at radius 2 is 2.28 bits per heavy atom. The minimum Gasteiger partial charge on any atom is -0.490 e. The number of esters is 1. The van der Waals surface area contributed by atoms with E-state index in [1.54, 1.807) is 6.08 Å². The van der Waals surface area contributed by atoms with Crippen LogP contribution in [-0.2, 0) is 16.0 Å². The number of aromatic nitrogens is 2. The predicted octanol–water partition coefficient (Wildman–Crippen LogP) is 4.25. The molecule has 3 rings (SSSR count). The smallest absolute Gasteiger partial charge is 0.330 e. The highest BCUT2D eigenvalue weighted by Crippen LogP contribution is 2.22. The molecule has 0 bridgehead atoms. The van der Waals surface area contributed by atoms with Crippen LogP contribution in [0, 0.1) is 0 Å². The molecule has 2 aromatic heterocycles. The van der Waals surface area contributed by atoms with Gasteiger partial charge in [-0.3, -0.25) is 4.40 Å². The highest BCUT2D eigenvalue weighted by molar-refractivity contribution is 7.15. The molecular formula is C18H17ClN2O3S. The number of hydrogen-bond acceptors (Lipinski definition) is 5. The fraction of sp³-hybridized carbons (Fsp3) is 0.222. The lowest BCUT2D eigenvalue weighted by Gasteiger charge is -2.07. The lowest BCUT2D eigenvalue weighted by molar-refractivity contribution is -0.138. The summed E-state index contributed by atoms with van der Waals surface area (Å²) in [4.78, 5) is 16.8. The molecule has 3 aromatic rings. The number of hydrogen-bond donors (Lipinski definition) is 0. The molecule has 0 N–H and O–H groups in total. The molecule has 0 aliphatic rings. The monoisotopic (exact) mass is 376 g/mol. The number of ether oxygens (including phenoxy) is 2. The van der Waals surface area contributed by atoms with Crippen molar-refractivity contribution in [3.05, 3.63) is 58.3 Å². The Morgan fingerprint density at radius 1 is 1.40 bits per heavy atom. The first-order valence-electron chi connectivity index (χ1n) is 7.85. The SMILES string of the molecule is CCc1cccc(OCCOC(=O)/C=C/c2c(Cl)nc3sccn23)c1. The van der Waals surface area contributed by atoms with Crippen LogP contribution >= 0.6 is 22.9 Å². The molecule has 2 heterocycles. The van der Waals surface area contributed by atoms with Crippen molar-refractivity contribution in [2.24, 2.45) is 0 Å². The summed E-state index contributed by atoms with van der Waals surface area (Å²) in [7, 11) is 0. The number of carbonyl (C=O) groups excluding carboxylic acids is 1. The number of halogens is 1. The minimum atomic E-state index is -0.452. The Labute approximate surface area is 154 Å². The van der Waals surface area contributed by atoms with Crippen LogP contribution < -0.4 is 4.74 Å². The van der Waals surface area contributed by atoms with Crippen LogP contribution in [0.5, 0.6) is 5.75 Å². The first-order valence-corrected chi connectivity index (χ1v) is 9.10. The van der Waals surface area contributed by atoms with Crippen LogP contribution in [0.1, 0.15) is 18.2 Å². The van der Waals surface area contributed by atoms with Gasteiger partial charge >= 0.3 is 5.97 Å². The highest BCUT2D eigenvalue weighted by atomic mass is 35.5. The average Bonchev–Trinajstić information content (AvgIpc) is 3.18. The Balaban J connectivity index is 1.48. The second kappa shape index (κ2) is 8.18. The molecule has 0 saturated carbocycles. The van der Waals surface area contributed by atoms with E-state index in [9.17, 15) is 4.79 Å². The standard InChI is InChI=1S/C18H17ClN2O3S/c1-2-13-4-3-5-14(12-13)23-9-10-24-16(22)7-6-15-17(19)20-18-21(15)8-11-25-18/h3-8,11-12H,2,9-10H2,1H3/b7-6+. The van der Waals surface area contributed by atoms with Gasteiger partial charge in [0.25, 0.3) is 0 Å². The first kappa shape index (κ1) is 17.5. The Hall–Kier alpha value is -2.31. The van der Waals surface area contributed by atoms with E-state index in [2.05, 4.69) is 11.9 Å². The topological polar surface area (TPSA) is 52.8 Å². The fourth-order valence-corrected chi connectivity index (χ4v) is 3.28. The number of aryl methyl sites for hydroxylation is 1. The number of imidazole rings is 1. The molecule has 0 amide bonds. The van der Waals surface area contributed by atoms with E-state index in [4.69, 9.17) is 21.1 Å². The molecule has 25 heavy (non-hydrogen) atoms. The summed E-state index contributed by atoms with van der Waals surface area (Å²) in [6, 6.07) is 7.86. The highest BCUT2D eigenvalue weighted by Gasteiger charge is 2.09. The van der Waals surface area contributed by atoms with Crippen molar-refractivity contribution in [2.45, 2.75) is 13.3 Å². The summed E-state index contributed by atoms with van der Waals surface area (Å²) >= 11 is 7.54. The van der Waals surface area contributed by atoms with Crippen molar-refractivity contribution in [1.29, 1.82) is 0 Å².